The van der Waals surface area contributed by atoms with Gasteiger partial charge in [0.2, 0.25) is 0 Å². The zero-order valence-corrected chi connectivity index (χ0v) is 13.2. The summed E-state index contributed by atoms with van der Waals surface area (Å²) >= 11 is 0. The summed E-state index contributed by atoms with van der Waals surface area (Å²) in [5.74, 6) is 1.62. The molecule has 0 amide bonds. The number of nitrogens with two attached hydrogens (primary N) is 1. The summed E-state index contributed by atoms with van der Waals surface area (Å²) in [7, 11) is 3.11. The largest absolute Gasteiger partial charge is 0.493 e. The molecule has 0 saturated heterocycles. The predicted octanol–water partition coefficient (Wildman–Crippen LogP) is 2.85. The molecule has 0 aliphatic carbocycles. The van der Waals surface area contributed by atoms with E-state index in [-0.39, 0.29) is 6.01 Å². The van der Waals surface area contributed by atoms with E-state index in [0.717, 1.165) is 0 Å². The van der Waals surface area contributed by atoms with Crippen molar-refractivity contribution in [2.45, 2.75) is 6.92 Å². The number of rotatable bonds is 6. The molecule has 7 nitrogen and oxygen atoms in total. The highest BCUT2D eigenvalue weighted by Crippen LogP contribution is 2.38. The van der Waals surface area contributed by atoms with Crippen molar-refractivity contribution in [3.8, 4) is 17.5 Å². The summed E-state index contributed by atoms with van der Waals surface area (Å²) in [4.78, 5) is 12.1. The second-order valence-electron chi connectivity index (χ2n) is 4.44. The van der Waals surface area contributed by atoms with Gasteiger partial charge in [0.25, 0.3) is 0 Å². The van der Waals surface area contributed by atoms with Gasteiger partial charge >= 0.3 is 6.01 Å². The third kappa shape index (κ3) is 3.57. The summed E-state index contributed by atoms with van der Waals surface area (Å²) < 4.78 is 16.3. The zero-order chi connectivity index (χ0) is 16.8. The Balaban J connectivity index is 2.44. The lowest BCUT2D eigenvalue weighted by molar-refractivity contribution is 0.354. The normalized spacial score (nSPS) is 11.0. The fourth-order valence-electron chi connectivity index (χ4n) is 1.94. The molecule has 2 rings (SSSR count). The van der Waals surface area contributed by atoms with Gasteiger partial charge in [-0.1, -0.05) is 0 Å². The maximum atomic E-state index is 5.72. The van der Waals surface area contributed by atoms with Crippen LogP contribution >= 0.6 is 0 Å². The van der Waals surface area contributed by atoms with Crippen LogP contribution in [0.5, 0.6) is 17.5 Å². The Labute approximate surface area is 134 Å². The minimum absolute atomic E-state index is 0.178. The molecule has 2 aromatic rings. The number of aromatic nitrogens is 2. The number of ether oxygens (including phenoxy) is 3. The molecule has 0 bridgehead atoms. The zero-order valence-electron chi connectivity index (χ0n) is 13.2. The number of aliphatic imine (C=N–C) groups is 1. The molecule has 1 heterocycles. The minimum atomic E-state index is 0.178. The van der Waals surface area contributed by atoms with Crippen molar-refractivity contribution < 1.29 is 14.2 Å². The first-order chi connectivity index (χ1) is 11.1. The van der Waals surface area contributed by atoms with E-state index in [1.807, 2.05) is 6.92 Å². The lowest BCUT2D eigenvalue weighted by Crippen LogP contribution is -2.01. The Kier molecular flexibility index (Phi) is 5.14. The Morgan fingerprint density at radius 2 is 1.78 bits per heavy atom. The second kappa shape index (κ2) is 7.26. The molecular formula is C16H18N4O3. The predicted molar refractivity (Wildman–Crippen MR) is 89.5 cm³/mol. The first-order valence-corrected chi connectivity index (χ1v) is 6.77. The van der Waals surface area contributed by atoms with Gasteiger partial charge < -0.3 is 19.9 Å². The van der Waals surface area contributed by atoms with Crippen LogP contribution in [0.15, 0.2) is 35.6 Å². The molecule has 7 heteroatoms. The highest BCUT2D eigenvalue weighted by molar-refractivity contribution is 5.76. The molecule has 0 spiro atoms. The van der Waals surface area contributed by atoms with Crippen LogP contribution in [-0.2, 0) is 0 Å². The quantitative estimate of drug-likeness (QED) is 0.651. The monoisotopic (exact) mass is 314 g/mol. The minimum Gasteiger partial charge on any atom is -0.493 e. The number of nitrogens with zero attached hydrogens (tertiary/aromatic N) is 3. The number of nitrogen functional groups attached to an aromatic ring is 1. The highest BCUT2D eigenvalue weighted by Gasteiger charge is 2.16. The van der Waals surface area contributed by atoms with Crippen LogP contribution in [0.25, 0.3) is 5.76 Å². The topological polar surface area (TPSA) is 91.8 Å². The lowest BCUT2D eigenvalue weighted by atomic mass is 10.1. The van der Waals surface area contributed by atoms with Gasteiger partial charge in [0.15, 0.2) is 11.5 Å². The van der Waals surface area contributed by atoms with E-state index >= 15 is 0 Å². The molecule has 120 valence electrons. The lowest BCUT2D eigenvalue weighted by Gasteiger charge is -2.14. The van der Waals surface area contributed by atoms with Gasteiger partial charge in [-0.15, -0.1) is 0 Å². The van der Waals surface area contributed by atoms with Gasteiger partial charge in [-0.3, -0.25) is 4.99 Å². The van der Waals surface area contributed by atoms with E-state index in [1.165, 1.54) is 12.4 Å². The van der Waals surface area contributed by atoms with E-state index in [2.05, 4.69) is 21.7 Å². The van der Waals surface area contributed by atoms with Gasteiger partial charge in [0.1, 0.15) is 5.76 Å². The standard InChI is InChI=1S/C16H18N4O3/c1-5-13(23-16-19-8-10(17)9-20-16)11-6-14(21-3)15(22-4)7-12(11)18-2/h5-9H,2,17H2,1,3-4H3/b13-5+. The van der Waals surface area contributed by atoms with E-state index in [4.69, 9.17) is 19.9 Å². The maximum absolute atomic E-state index is 5.72. The van der Waals surface area contributed by atoms with Crippen molar-refractivity contribution in [3.63, 3.8) is 0 Å². The van der Waals surface area contributed by atoms with Crippen LogP contribution in [0.2, 0.25) is 0 Å². The Bertz CT molecular complexity index is 727. The molecule has 0 saturated carbocycles. The van der Waals surface area contributed by atoms with Crippen molar-refractivity contribution in [2.24, 2.45) is 4.99 Å². The molecule has 0 atom stereocenters. The molecule has 0 unspecified atom stereocenters. The molecule has 23 heavy (non-hydrogen) atoms. The van der Waals surface area contributed by atoms with Crippen molar-refractivity contribution >= 4 is 23.9 Å². The first-order valence-electron chi connectivity index (χ1n) is 6.77. The fourth-order valence-corrected chi connectivity index (χ4v) is 1.94. The number of methoxy groups -OCH3 is 2. The van der Waals surface area contributed by atoms with E-state index in [1.54, 1.807) is 32.4 Å². The third-order valence-electron chi connectivity index (χ3n) is 3.05. The van der Waals surface area contributed by atoms with Gasteiger partial charge in [0, 0.05) is 11.6 Å². The summed E-state index contributed by atoms with van der Waals surface area (Å²) in [6, 6.07) is 3.66. The highest BCUT2D eigenvalue weighted by atomic mass is 16.5. The van der Waals surface area contributed by atoms with Crippen LogP contribution in [0.1, 0.15) is 12.5 Å². The van der Waals surface area contributed by atoms with Crippen molar-refractivity contribution in [1.82, 2.24) is 9.97 Å². The summed E-state index contributed by atoms with van der Waals surface area (Å²) in [5.41, 5.74) is 7.30. The Hall–Kier alpha value is -3.09. The van der Waals surface area contributed by atoms with Crippen LogP contribution in [0.4, 0.5) is 11.4 Å². The van der Waals surface area contributed by atoms with E-state index in [9.17, 15) is 0 Å². The van der Waals surface area contributed by atoms with E-state index in [0.29, 0.717) is 34.2 Å². The third-order valence-corrected chi connectivity index (χ3v) is 3.05. The first kappa shape index (κ1) is 16.3. The average molecular weight is 314 g/mol. The van der Waals surface area contributed by atoms with Gasteiger partial charge in [-0.2, -0.15) is 0 Å². The smallest absolute Gasteiger partial charge is 0.322 e. The molecule has 0 aliphatic heterocycles. The number of benzene rings is 1. The summed E-state index contributed by atoms with van der Waals surface area (Å²) in [6.45, 7) is 5.41. The fraction of sp³-hybridized carbons (Fsp3) is 0.188. The maximum Gasteiger partial charge on any atom is 0.322 e. The Morgan fingerprint density at radius 1 is 1.17 bits per heavy atom. The molecule has 1 aromatic carbocycles. The molecular weight excluding hydrogens is 296 g/mol. The number of allylic oxidation sites excluding steroid dienone is 1. The van der Waals surface area contributed by atoms with Crippen LogP contribution < -0.4 is 19.9 Å². The number of anilines is 1. The van der Waals surface area contributed by atoms with Crippen LogP contribution in [0.3, 0.4) is 0 Å². The molecule has 0 aliphatic rings. The van der Waals surface area contributed by atoms with Crippen LogP contribution in [-0.4, -0.2) is 30.9 Å². The van der Waals surface area contributed by atoms with Gasteiger partial charge in [-0.05, 0) is 25.8 Å². The SMILES string of the molecule is C=Nc1cc(OC)c(OC)cc1/C(=C\C)Oc1ncc(N)cn1. The molecule has 0 fully saturated rings. The molecule has 2 N–H and O–H groups in total. The van der Waals surface area contributed by atoms with Crippen molar-refractivity contribution in [1.29, 1.82) is 0 Å². The average Bonchev–Trinajstić information content (AvgIpc) is 2.60. The van der Waals surface area contributed by atoms with Crippen molar-refractivity contribution in [2.75, 3.05) is 20.0 Å². The Morgan fingerprint density at radius 3 is 2.30 bits per heavy atom. The van der Waals surface area contributed by atoms with Gasteiger partial charge in [0.05, 0.1) is 38.0 Å². The number of hydrogen-bond acceptors (Lipinski definition) is 7. The van der Waals surface area contributed by atoms with Crippen molar-refractivity contribution in [3.05, 3.63) is 36.2 Å². The van der Waals surface area contributed by atoms with Gasteiger partial charge in [-0.25, -0.2) is 9.97 Å². The van der Waals surface area contributed by atoms with E-state index < -0.39 is 0 Å². The van der Waals surface area contributed by atoms with Crippen LogP contribution in [0, 0.1) is 0 Å². The molecule has 1 aromatic heterocycles. The molecule has 0 radical (unpaired) electrons. The summed E-state index contributed by atoms with van der Waals surface area (Å²) in [5, 5.41) is 0. The summed E-state index contributed by atoms with van der Waals surface area (Å²) in [6.07, 6.45) is 4.71. The second-order valence-corrected chi connectivity index (χ2v) is 4.44. The number of hydrogen-bond donors (Lipinski definition) is 1.